The second-order valence-corrected chi connectivity index (χ2v) is 4.92. The fraction of sp³-hybridized carbons (Fsp3) is 0.143. The fourth-order valence-corrected chi connectivity index (χ4v) is 2.23. The van der Waals surface area contributed by atoms with Gasteiger partial charge >= 0.3 is 0 Å². The SMILES string of the molecule is CC(Cl)c1ccccc1Nc1nccn2nccc12. The summed E-state index contributed by atoms with van der Waals surface area (Å²) in [5.74, 6) is 0.768. The van der Waals surface area contributed by atoms with Gasteiger partial charge in [-0.15, -0.1) is 11.6 Å². The Labute approximate surface area is 116 Å². The number of para-hydroxylation sites is 1. The molecule has 19 heavy (non-hydrogen) atoms. The van der Waals surface area contributed by atoms with Crippen molar-refractivity contribution in [1.29, 1.82) is 0 Å². The fourth-order valence-electron chi connectivity index (χ4n) is 2.04. The van der Waals surface area contributed by atoms with Gasteiger partial charge in [-0.2, -0.15) is 5.10 Å². The van der Waals surface area contributed by atoms with Crippen molar-refractivity contribution >= 4 is 28.6 Å². The van der Waals surface area contributed by atoms with Gasteiger partial charge in [0.15, 0.2) is 5.82 Å². The summed E-state index contributed by atoms with van der Waals surface area (Å²) in [6.45, 7) is 1.95. The van der Waals surface area contributed by atoms with Crippen molar-refractivity contribution in [2.75, 3.05) is 5.32 Å². The van der Waals surface area contributed by atoms with Gasteiger partial charge in [0, 0.05) is 18.1 Å². The lowest BCUT2D eigenvalue weighted by molar-refractivity contribution is 0.947. The summed E-state index contributed by atoms with van der Waals surface area (Å²) >= 11 is 6.19. The van der Waals surface area contributed by atoms with E-state index >= 15 is 0 Å². The number of rotatable bonds is 3. The summed E-state index contributed by atoms with van der Waals surface area (Å²) in [7, 11) is 0. The van der Waals surface area contributed by atoms with E-state index in [4.69, 9.17) is 11.6 Å². The molecule has 0 spiro atoms. The number of hydrogen-bond donors (Lipinski definition) is 1. The zero-order chi connectivity index (χ0) is 13.2. The Morgan fingerprint density at radius 1 is 1.21 bits per heavy atom. The molecular formula is C14H13ClN4. The zero-order valence-electron chi connectivity index (χ0n) is 10.4. The summed E-state index contributed by atoms with van der Waals surface area (Å²) in [5.41, 5.74) is 2.94. The second kappa shape index (κ2) is 4.90. The lowest BCUT2D eigenvalue weighted by Gasteiger charge is -2.13. The molecule has 0 amide bonds. The number of alkyl halides is 1. The van der Waals surface area contributed by atoms with E-state index in [-0.39, 0.29) is 5.38 Å². The van der Waals surface area contributed by atoms with Gasteiger partial charge in [-0.3, -0.25) is 0 Å². The Bertz CT molecular complexity index is 705. The Balaban J connectivity index is 2.04. The Kier molecular flexibility index (Phi) is 3.09. The number of nitrogens with one attached hydrogen (secondary N) is 1. The van der Waals surface area contributed by atoms with Crippen molar-refractivity contribution < 1.29 is 0 Å². The van der Waals surface area contributed by atoms with E-state index in [1.807, 2.05) is 43.5 Å². The molecule has 0 bridgehead atoms. The van der Waals surface area contributed by atoms with Crippen LogP contribution in [0.15, 0.2) is 48.9 Å². The van der Waals surface area contributed by atoms with Crippen LogP contribution in [0.2, 0.25) is 0 Å². The number of aromatic nitrogens is 3. The minimum Gasteiger partial charge on any atom is -0.338 e. The lowest BCUT2D eigenvalue weighted by atomic mass is 10.1. The molecule has 0 saturated carbocycles. The van der Waals surface area contributed by atoms with Crippen LogP contribution < -0.4 is 5.32 Å². The average molecular weight is 273 g/mol. The van der Waals surface area contributed by atoms with Crippen LogP contribution in [0, 0.1) is 0 Å². The minimum absolute atomic E-state index is 0.0617. The highest BCUT2D eigenvalue weighted by Gasteiger charge is 2.09. The van der Waals surface area contributed by atoms with Crippen LogP contribution in [-0.2, 0) is 0 Å². The van der Waals surface area contributed by atoms with Crippen LogP contribution in [0.4, 0.5) is 11.5 Å². The van der Waals surface area contributed by atoms with Crippen molar-refractivity contribution in [2.45, 2.75) is 12.3 Å². The van der Waals surface area contributed by atoms with Crippen LogP contribution in [0.3, 0.4) is 0 Å². The largest absolute Gasteiger partial charge is 0.338 e. The first-order valence-electron chi connectivity index (χ1n) is 6.04. The standard InChI is InChI=1S/C14H13ClN4/c1-10(15)11-4-2-3-5-12(11)18-14-13-6-7-17-19(13)9-8-16-14/h2-10H,1H3,(H,16,18). The molecule has 0 aliphatic heterocycles. The first kappa shape index (κ1) is 12.0. The summed E-state index contributed by atoms with van der Waals surface area (Å²) < 4.78 is 1.78. The van der Waals surface area contributed by atoms with Crippen LogP contribution in [-0.4, -0.2) is 14.6 Å². The first-order valence-corrected chi connectivity index (χ1v) is 6.48. The summed E-state index contributed by atoms with van der Waals surface area (Å²) in [6, 6.07) is 9.88. The van der Waals surface area contributed by atoms with Crippen LogP contribution in [0.5, 0.6) is 0 Å². The minimum atomic E-state index is -0.0617. The maximum absolute atomic E-state index is 6.19. The molecule has 0 aliphatic rings. The molecule has 0 radical (unpaired) electrons. The van der Waals surface area contributed by atoms with Gasteiger partial charge in [0.1, 0.15) is 5.52 Å². The predicted molar refractivity (Wildman–Crippen MR) is 77.0 cm³/mol. The Morgan fingerprint density at radius 2 is 2.05 bits per heavy atom. The Morgan fingerprint density at radius 3 is 2.89 bits per heavy atom. The molecule has 0 fully saturated rings. The number of halogens is 1. The smallest absolute Gasteiger partial charge is 0.156 e. The van der Waals surface area contributed by atoms with E-state index in [1.54, 1.807) is 16.9 Å². The summed E-state index contributed by atoms with van der Waals surface area (Å²) in [4.78, 5) is 4.36. The molecule has 0 aliphatic carbocycles. The van der Waals surface area contributed by atoms with Crippen LogP contribution >= 0.6 is 11.6 Å². The van der Waals surface area contributed by atoms with Crippen LogP contribution in [0.25, 0.3) is 5.52 Å². The van der Waals surface area contributed by atoms with Gasteiger partial charge in [-0.1, -0.05) is 18.2 Å². The van der Waals surface area contributed by atoms with Crippen molar-refractivity contribution in [3.8, 4) is 0 Å². The third-order valence-electron chi connectivity index (χ3n) is 2.97. The maximum atomic E-state index is 6.19. The average Bonchev–Trinajstić information content (AvgIpc) is 2.88. The lowest BCUT2D eigenvalue weighted by Crippen LogP contribution is -2.00. The highest BCUT2D eigenvalue weighted by molar-refractivity contribution is 6.21. The third kappa shape index (κ3) is 2.27. The van der Waals surface area contributed by atoms with E-state index in [2.05, 4.69) is 15.4 Å². The molecule has 0 saturated heterocycles. The number of hydrogen-bond acceptors (Lipinski definition) is 3. The van der Waals surface area contributed by atoms with E-state index in [1.165, 1.54) is 0 Å². The first-order chi connectivity index (χ1) is 9.25. The van der Waals surface area contributed by atoms with Crippen molar-refractivity contribution in [1.82, 2.24) is 14.6 Å². The maximum Gasteiger partial charge on any atom is 0.156 e. The molecular weight excluding hydrogens is 260 g/mol. The molecule has 3 rings (SSSR count). The number of benzene rings is 1. The topological polar surface area (TPSA) is 42.2 Å². The number of anilines is 2. The van der Waals surface area contributed by atoms with Crippen molar-refractivity contribution in [3.63, 3.8) is 0 Å². The van der Waals surface area contributed by atoms with Crippen molar-refractivity contribution in [3.05, 3.63) is 54.5 Å². The molecule has 2 heterocycles. The van der Waals surface area contributed by atoms with Gasteiger partial charge < -0.3 is 5.32 Å². The zero-order valence-corrected chi connectivity index (χ0v) is 11.2. The molecule has 5 heteroatoms. The molecule has 2 aromatic heterocycles. The van der Waals surface area contributed by atoms with E-state index in [9.17, 15) is 0 Å². The second-order valence-electron chi connectivity index (χ2n) is 4.27. The van der Waals surface area contributed by atoms with Gasteiger partial charge in [0.25, 0.3) is 0 Å². The van der Waals surface area contributed by atoms with E-state index in [0.717, 1.165) is 22.6 Å². The highest BCUT2D eigenvalue weighted by Crippen LogP contribution is 2.29. The van der Waals surface area contributed by atoms with Gasteiger partial charge in [-0.25, -0.2) is 9.50 Å². The number of nitrogens with zero attached hydrogens (tertiary/aromatic N) is 3. The van der Waals surface area contributed by atoms with Gasteiger partial charge in [-0.05, 0) is 24.6 Å². The van der Waals surface area contributed by atoms with Crippen molar-refractivity contribution in [2.24, 2.45) is 0 Å². The van der Waals surface area contributed by atoms with E-state index < -0.39 is 0 Å². The Hall–Kier alpha value is -2.07. The normalized spacial score (nSPS) is 12.5. The molecule has 1 aromatic carbocycles. The van der Waals surface area contributed by atoms with Gasteiger partial charge in [0.05, 0.1) is 11.6 Å². The highest BCUT2D eigenvalue weighted by atomic mass is 35.5. The monoisotopic (exact) mass is 272 g/mol. The summed E-state index contributed by atoms with van der Waals surface area (Å²) in [6.07, 6.45) is 5.28. The third-order valence-corrected chi connectivity index (χ3v) is 3.20. The van der Waals surface area contributed by atoms with E-state index in [0.29, 0.717) is 0 Å². The summed E-state index contributed by atoms with van der Waals surface area (Å²) in [5, 5.41) is 7.45. The quantitative estimate of drug-likeness (QED) is 0.738. The molecule has 1 N–H and O–H groups in total. The molecule has 96 valence electrons. The molecule has 4 nitrogen and oxygen atoms in total. The van der Waals surface area contributed by atoms with Crippen LogP contribution in [0.1, 0.15) is 17.9 Å². The molecule has 1 atom stereocenters. The molecule has 3 aromatic rings. The predicted octanol–water partition coefficient (Wildman–Crippen LogP) is 3.77. The molecule has 1 unspecified atom stereocenters. The van der Waals surface area contributed by atoms with Gasteiger partial charge in [0.2, 0.25) is 0 Å². The number of fused-ring (bicyclic) bond motifs is 1.